The van der Waals surface area contributed by atoms with Gasteiger partial charge in [0.25, 0.3) is 0 Å². The summed E-state index contributed by atoms with van der Waals surface area (Å²) in [6.45, 7) is -0.815. The summed E-state index contributed by atoms with van der Waals surface area (Å²) in [6.07, 6.45) is 0. The molecule has 8 nitrogen and oxygen atoms in total. The van der Waals surface area contributed by atoms with Crippen LogP contribution in [-0.2, 0) is 24.7 Å². The highest BCUT2D eigenvalue weighted by Crippen LogP contribution is 2.17. The zero-order chi connectivity index (χ0) is 19.2. The standard InChI is InChI=1S/C16H17NO7S2/c18-16(19)12-24-13-6-8-14(9-7-13)25(20,21)11-10-17-26(22,23)15-4-2-1-3-5-15/h1-9,17H,10-12H2,(H,18,19). The number of carbonyl (C=O) groups is 1. The number of hydrogen-bond donors (Lipinski definition) is 2. The summed E-state index contributed by atoms with van der Waals surface area (Å²) >= 11 is 0. The van der Waals surface area contributed by atoms with E-state index in [1.54, 1.807) is 18.2 Å². The fourth-order valence-electron chi connectivity index (χ4n) is 2.00. The molecule has 0 aromatic heterocycles. The van der Waals surface area contributed by atoms with Gasteiger partial charge >= 0.3 is 5.97 Å². The lowest BCUT2D eigenvalue weighted by atomic mass is 10.3. The lowest BCUT2D eigenvalue weighted by Crippen LogP contribution is -2.29. The quantitative estimate of drug-likeness (QED) is 0.641. The molecule has 0 bridgehead atoms. The number of sulfone groups is 1. The van der Waals surface area contributed by atoms with Crippen molar-refractivity contribution in [3.8, 4) is 5.75 Å². The number of ether oxygens (including phenoxy) is 1. The van der Waals surface area contributed by atoms with Crippen LogP contribution in [0.3, 0.4) is 0 Å². The minimum Gasteiger partial charge on any atom is -0.482 e. The largest absolute Gasteiger partial charge is 0.482 e. The second-order valence-electron chi connectivity index (χ2n) is 5.18. The number of sulfonamides is 1. The molecule has 2 rings (SSSR count). The van der Waals surface area contributed by atoms with Crippen LogP contribution in [0.4, 0.5) is 0 Å². The molecule has 0 saturated heterocycles. The summed E-state index contributed by atoms with van der Waals surface area (Å²) in [7, 11) is -7.49. The second-order valence-corrected chi connectivity index (χ2v) is 9.06. The summed E-state index contributed by atoms with van der Waals surface area (Å²) in [6, 6.07) is 12.9. The molecule has 2 aromatic rings. The Kier molecular flexibility index (Phi) is 6.35. The lowest BCUT2D eigenvalue weighted by Gasteiger charge is -2.08. The molecule has 0 aliphatic rings. The highest BCUT2D eigenvalue weighted by molar-refractivity contribution is 7.91. The lowest BCUT2D eigenvalue weighted by molar-refractivity contribution is -0.139. The third-order valence-corrected chi connectivity index (χ3v) is 6.47. The van der Waals surface area contributed by atoms with E-state index >= 15 is 0 Å². The van der Waals surface area contributed by atoms with Crippen molar-refractivity contribution in [1.82, 2.24) is 4.72 Å². The van der Waals surface area contributed by atoms with Crippen molar-refractivity contribution >= 4 is 25.8 Å². The van der Waals surface area contributed by atoms with Crippen LogP contribution >= 0.6 is 0 Å². The molecule has 0 spiro atoms. The molecule has 2 N–H and O–H groups in total. The minimum atomic E-state index is -3.78. The van der Waals surface area contributed by atoms with Crippen LogP contribution in [0.25, 0.3) is 0 Å². The van der Waals surface area contributed by atoms with Gasteiger partial charge < -0.3 is 9.84 Å². The summed E-state index contributed by atoms with van der Waals surface area (Å²) in [5, 5.41) is 8.53. The maximum Gasteiger partial charge on any atom is 0.341 e. The maximum absolute atomic E-state index is 12.3. The van der Waals surface area contributed by atoms with E-state index in [0.717, 1.165) is 0 Å². The smallest absolute Gasteiger partial charge is 0.341 e. The predicted octanol–water partition coefficient (Wildman–Crippen LogP) is 0.902. The van der Waals surface area contributed by atoms with E-state index in [1.807, 2.05) is 0 Å². The molecule has 0 aliphatic carbocycles. The van der Waals surface area contributed by atoms with Gasteiger partial charge in [0.15, 0.2) is 16.4 Å². The van der Waals surface area contributed by atoms with Gasteiger partial charge in [-0.1, -0.05) is 18.2 Å². The Morgan fingerprint density at radius 2 is 1.54 bits per heavy atom. The number of benzene rings is 2. The first-order valence-corrected chi connectivity index (χ1v) is 10.6. The van der Waals surface area contributed by atoms with E-state index < -0.39 is 38.2 Å². The van der Waals surface area contributed by atoms with E-state index in [-0.39, 0.29) is 22.1 Å². The minimum absolute atomic E-state index is 0.0147. The third-order valence-electron chi connectivity index (χ3n) is 3.26. The van der Waals surface area contributed by atoms with Gasteiger partial charge in [-0.2, -0.15) is 0 Å². The van der Waals surface area contributed by atoms with E-state index in [4.69, 9.17) is 9.84 Å². The van der Waals surface area contributed by atoms with Crippen molar-refractivity contribution in [3.63, 3.8) is 0 Å². The Hall–Kier alpha value is -2.43. The highest BCUT2D eigenvalue weighted by Gasteiger charge is 2.18. The summed E-state index contributed by atoms with van der Waals surface area (Å²) < 4.78 is 55.8. The van der Waals surface area contributed by atoms with Crippen molar-refractivity contribution in [2.75, 3.05) is 18.9 Å². The first-order valence-electron chi connectivity index (χ1n) is 7.43. The molecule has 2 aromatic carbocycles. The molecule has 0 unspecified atom stereocenters. The molecule has 0 saturated carbocycles. The van der Waals surface area contributed by atoms with Gasteiger partial charge in [-0.15, -0.1) is 0 Å². The Bertz CT molecular complexity index is 953. The monoisotopic (exact) mass is 399 g/mol. The van der Waals surface area contributed by atoms with Crippen molar-refractivity contribution in [2.24, 2.45) is 0 Å². The molecule has 140 valence electrons. The molecular formula is C16H17NO7S2. The number of nitrogens with one attached hydrogen (secondary N) is 1. The van der Waals surface area contributed by atoms with Gasteiger partial charge in [0.2, 0.25) is 10.0 Å². The predicted molar refractivity (Wildman–Crippen MR) is 93.3 cm³/mol. The number of hydrogen-bond acceptors (Lipinski definition) is 6. The molecule has 0 fully saturated rings. The van der Waals surface area contributed by atoms with Crippen LogP contribution in [0.1, 0.15) is 0 Å². The highest BCUT2D eigenvalue weighted by atomic mass is 32.2. The molecule has 0 atom stereocenters. The van der Waals surface area contributed by atoms with Gasteiger partial charge in [0.05, 0.1) is 15.5 Å². The van der Waals surface area contributed by atoms with Gasteiger partial charge in [0.1, 0.15) is 5.75 Å². The third kappa shape index (κ3) is 5.55. The van der Waals surface area contributed by atoms with Crippen LogP contribution in [-0.4, -0.2) is 46.8 Å². The molecule has 10 heteroatoms. The maximum atomic E-state index is 12.3. The fourth-order valence-corrected chi connectivity index (χ4v) is 4.34. The zero-order valence-electron chi connectivity index (χ0n) is 13.5. The van der Waals surface area contributed by atoms with E-state index in [9.17, 15) is 21.6 Å². The average molecular weight is 399 g/mol. The molecular weight excluding hydrogens is 382 g/mol. The summed E-state index contributed by atoms with van der Waals surface area (Å²) in [4.78, 5) is 10.5. The summed E-state index contributed by atoms with van der Waals surface area (Å²) in [5.74, 6) is -1.35. The number of carboxylic acids is 1. The number of carboxylic acid groups (broad SMARTS) is 1. The molecule has 26 heavy (non-hydrogen) atoms. The van der Waals surface area contributed by atoms with E-state index in [2.05, 4.69) is 4.72 Å². The molecule has 0 aliphatic heterocycles. The molecule has 0 amide bonds. The first kappa shape index (κ1) is 19.9. The van der Waals surface area contributed by atoms with Gasteiger partial charge in [-0.05, 0) is 36.4 Å². The Labute approximate surface area is 151 Å². The van der Waals surface area contributed by atoms with Crippen LogP contribution < -0.4 is 9.46 Å². The van der Waals surface area contributed by atoms with Crippen molar-refractivity contribution < 1.29 is 31.5 Å². The van der Waals surface area contributed by atoms with Crippen LogP contribution in [0, 0.1) is 0 Å². The van der Waals surface area contributed by atoms with Gasteiger partial charge in [-0.25, -0.2) is 26.4 Å². The van der Waals surface area contributed by atoms with Crippen molar-refractivity contribution in [2.45, 2.75) is 9.79 Å². The van der Waals surface area contributed by atoms with Gasteiger partial charge in [0, 0.05) is 6.54 Å². The SMILES string of the molecule is O=C(O)COc1ccc(S(=O)(=O)CCNS(=O)(=O)c2ccccc2)cc1. The molecule has 0 radical (unpaired) electrons. The van der Waals surface area contributed by atoms with E-state index in [1.165, 1.54) is 36.4 Å². The molecule has 0 heterocycles. The van der Waals surface area contributed by atoms with E-state index in [0.29, 0.717) is 0 Å². The van der Waals surface area contributed by atoms with Crippen LogP contribution in [0.15, 0.2) is 64.4 Å². The van der Waals surface area contributed by atoms with Crippen molar-refractivity contribution in [1.29, 1.82) is 0 Å². The van der Waals surface area contributed by atoms with Crippen LogP contribution in [0.5, 0.6) is 5.75 Å². The first-order chi connectivity index (χ1) is 12.2. The Morgan fingerprint density at radius 1 is 0.923 bits per heavy atom. The number of rotatable bonds is 9. The Morgan fingerprint density at radius 3 is 2.12 bits per heavy atom. The zero-order valence-corrected chi connectivity index (χ0v) is 15.2. The van der Waals surface area contributed by atoms with Crippen molar-refractivity contribution in [3.05, 3.63) is 54.6 Å². The topological polar surface area (TPSA) is 127 Å². The van der Waals surface area contributed by atoms with Crippen LogP contribution in [0.2, 0.25) is 0 Å². The Balaban J connectivity index is 1.97. The summed E-state index contributed by atoms with van der Waals surface area (Å²) in [5.41, 5.74) is 0. The second kappa shape index (κ2) is 8.30. The number of aliphatic carboxylic acids is 1. The van der Waals surface area contributed by atoms with Gasteiger partial charge in [-0.3, -0.25) is 0 Å². The fraction of sp³-hybridized carbons (Fsp3) is 0.188. The average Bonchev–Trinajstić information content (AvgIpc) is 2.61. The normalized spacial score (nSPS) is 11.8.